The molecule has 0 aliphatic rings. The zero-order valence-electron chi connectivity index (χ0n) is 11.4. The number of rotatable bonds is 3. The van der Waals surface area contributed by atoms with Crippen LogP contribution in [0.25, 0.3) is 0 Å². The van der Waals surface area contributed by atoms with E-state index in [-0.39, 0.29) is 17.1 Å². The second kappa shape index (κ2) is 6.34. The van der Waals surface area contributed by atoms with Crippen LogP contribution >= 0.6 is 0 Å². The maximum absolute atomic E-state index is 12.4. The van der Waals surface area contributed by atoms with Gasteiger partial charge in [0.1, 0.15) is 0 Å². The Balaban J connectivity index is 2.05. The number of nitrogens with one attached hydrogen (secondary N) is 1. The highest BCUT2D eigenvalue weighted by Crippen LogP contribution is 2.29. The van der Waals surface area contributed by atoms with Gasteiger partial charge in [-0.3, -0.25) is 4.79 Å². The molecular weight excluding hydrogens is 315 g/mol. The minimum atomic E-state index is -4.46. The number of nitrogens with zero attached hydrogens (tertiary/aromatic N) is 1. The zero-order chi connectivity index (χ0) is 17.0. The highest BCUT2D eigenvalue weighted by Gasteiger charge is 2.30. The lowest BCUT2D eigenvalue weighted by atomic mass is 10.1. The summed E-state index contributed by atoms with van der Waals surface area (Å²) in [4.78, 5) is 26.2. The summed E-state index contributed by atoms with van der Waals surface area (Å²) >= 11 is 0. The van der Waals surface area contributed by atoms with E-state index in [9.17, 15) is 22.8 Å². The number of nitrogens with two attached hydrogens (primary N) is 1. The number of carbonyl (C=O) groups is 2. The summed E-state index contributed by atoms with van der Waals surface area (Å²) in [6.45, 7) is 0. The smallest absolute Gasteiger partial charge is 0.391 e. The van der Waals surface area contributed by atoms with Crippen molar-refractivity contribution in [1.29, 1.82) is 0 Å². The highest BCUT2D eigenvalue weighted by atomic mass is 19.4. The lowest BCUT2D eigenvalue weighted by Crippen LogP contribution is -2.17. The Bertz CT molecular complexity index is 713. The number of carbonyl (C=O) groups excluding carboxylic acids is 2. The number of hydrogen-bond donors (Lipinski definition) is 2. The van der Waals surface area contributed by atoms with Gasteiger partial charge in [-0.1, -0.05) is 0 Å². The van der Waals surface area contributed by atoms with E-state index in [0.29, 0.717) is 0 Å². The topological polar surface area (TPSA) is 94.3 Å². The number of anilines is 1. The third-order valence-electron chi connectivity index (χ3n) is 2.67. The van der Waals surface area contributed by atoms with Crippen molar-refractivity contribution in [2.24, 2.45) is 5.73 Å². The van der Waals surface area contributed by atoms with Crippen molar-refractivity contribution in [2.45, 2.75) is 6.18 Å². The Morgan fingerprint density at radius 2 is 1.74 bits per heavy atom. The van der Waals surface area contributed by atoms with E-state index in [4.69, 9.17) is 5.73 Å². The van der Waals surface area contributed by atoms with E-state index in [2.05, 4.69) is 15.0 Å². The first-order valence-corrected chi connectivity index (χ1v) is 6.17. The fraction of sp³-hybridized carbons (Fsp3) is 0.0714. The molecule has 0 unspecified atom stereocenters. The van der Waals surface area contributed by atoms with E-state index in [1.165, 1.54) is 18.3 Å². The molecule has 0 saturated heterocycles. The van der Waals surface area contributed by atoms with Crippen LogP contribution in [0.1, 0.15) is 15.9 Å². The molecule has 6 nitrogen and oxygen atoms in total. The molecule has 0 atom stereocenters. The summed E-state index contributed by atoms with van der Waals surface area (Å²) in [5.74, 6) is -0.658. The van der Waals surface area contributed by atoms with Gasteiger partial charge in [-0.25, -0.2) is 9.78 Å². The first-order chi connectivity index (χ1) is 10.8. The number of halogens is 3. The van der Waals surface area contributed by atoms with Crippen molar-refractivity contribution in [3.05, 3.63) is 53.7 Å². The molecule has 23 heavy (non-hydrogen) atoms. The van der Waals surface area contributed by atoms with Gasteiger partial charge in [-0.15, -0.1) is 0 Å². The molecule has 120 valence electrons. The standard InChI is InChI=1S/C14H10F3N3O3/c15-14(16,17)9-3-1-8(2-4-9)12(21)20-10-5-6-11(19-7-10)23-13(18)22/h1-7H,(H2,18,22)(H,20,21). The molecule has 1 aromatic carbocycles. The van der Waals surface area contributed by atoms with Gasteiger partial charge in [0.05, 0.1) is 17.4 Å². The molecule has 2 aromatic rings. The molecule has 0 spiro atoms. The van der Waals surface area contributed by atoms with E-state index < -0.39 is 23.7 Å². The molecule has 0 radical (unpaired) electrons. The Morgan fingerprint density at radius 3 is 2.22 bits per heavy atom. The lowest BCUT2D eigenvalue weighted by molar-refractivity contribution is -0.137. The number of benzene rings is 1. The molecule has 9 heteroatoms. The van der Waals surface area contributed by atoms with Gasteiger partial charge in [-0.05, 0) is 30.3 Å². The third-order valence-corrected chi connectivity index (χ3v) is 2.67. The van der Waals surface area contributed by atoms with Crippen molar-refractivity contribution in [2.75, 3.05) is 5.32 Å². The van der Waals surface area contributed by atoms with Gasteiger partial charge in [0.2, 0.25) is 5.88 Å². The maximum atomic E-state index is 12.4. The molecule has 2 amide bonds. The predicted molar refractivity (Wildman–Crippen MR) is 73.8 cm³/mol. The molecule has 2 rings (SSSR count). The molecule has 0 saturated carbocycles. The molecule has 0 bridgehead atoms. The van der Waals surface area contributed by atoms with Crippen LogP contribution in [0.4, 0.5) is 23.7 Å². The van der Waals surface area contributed by atoms with E-state index in [1.807, 2.05) is 0 Å². The van der Waals surface area contributed by atoms with Crippen molar-refractivity contribution >= 4 is 17.7 Å². The summed E-state index contributed by atoms with van der Waals surface area (Å²) in [5.41, 5.74) is 4.29. The van der Waals surface area contributed by atoms with Crippen molar-refractivity contribution < 1.29 is 27.5 Å². The lowest BCUT2D eigenvalue weighted by Gasteiger charge is -2.08. The van der Waals surface area contributed by atoms with Crippen molar-refractivity contribution in [3.8, 4) is 5.88 Å². The van der Waals surface area contributed by atoms with Gasteiger partial charge in [0.25, 0.3) is 5.91 Å². The predicted octanol–water partition coefficient (Wildman–Crippen LogP) is 2.81. The SMILES string of the molecule is NC(=O)Oc1ccc(NC(=O)c2ccc(C(F)(F)F)cc2)cn1. The minimum absolute atomic E-state index is 0.0509. The number of ether oxygens (including phenoxy) is 1. The van der Waals surface area contributed by atoms with Crippen molar-refractivity contribution in [3.63, 3.8) is 0 Å². The van der Waals surface area contributed by atoms with Crippen LogP contribution in [0.15, 0.2) is 42.6 Å². The molecule has 3 N–H and O–H groups in total. The molecule has 0 aliphatic carbocycles. The average molecular weight is 325 g/mol. The Labute approximate surface area is 128 Å². The van der Waals surface area contributed by atoms with Gasteiger partial charge >= 0.3 is 12.3 Å². The number of pyridine rings is 1. The van der Waals surface area contributed by atoms with Crippen LogP contribution in [-0.2, 0) is 6.18 Å². The minimum Gasteiger partial charge on any atom is -0.391 e. The summed E-state index contributed by atoms with van der Waals surface area (Å²) in [6, 6.07) is 6.46. The average Bonchev–Trinajstić information content (AvgIpc) is 2.48. The molecular formula is C14H10F3N3O3. The Kier molecular flexibility index (Phi) is 4.49. The first-order valence-electron chi connectivity index (χ1n) is 6.17. The van der Waals surface area contributed by atoms with Gasteiger partial charge in [-0.2, -0.15) is 13.2 Å². The molecule has 1 heterocycles. The second-order valence-electron chi connectivity index (χ2n) is 4.34. The summed E-state index contributed by atoms with van der Waals surface area (Å²) in [5, 5.41) is 2.44. The van der Waals surface area contributed by atoms with Gasteiger partial charge in [0, 0.05) is 11.6 Å². The largest absolute Gasteiger partial charge is 0.416 e. The fourth-order valence-electron chi connectivity index (χ4n) is 1.63. The highest BCUT2D eigenvalue weighted by molar-refractivity contribution is 6.04. The first kappa shape index (κ1) is 16.3. The molecule has 1 aromatic heterocycles. The van der Waals surface area contributed by atoms with Crippen LogP contribution < -0.4 is 15.8 Å². The summed E-state index contributed by atoms with van der Waals surface area (Å²) in [6.07, 6.45) is -4.28. The van der Waals surface area contributed by atoms with E-state index in [1.54, 1.807) is 0 Å². The normalized spacial score (nSPS) is 10.9. The number of primary amides is 1. The summed E-state index contributed by atoms with van der Waals surface area (Å²) in [7, 11) is 0. The Hall–Kier alpha value is -3.10. The number of aromatic nitrogens is 1. The number of amides is 2. The van der Waals surface area contributed by atoms with Gasteiger partial charge in [0.15, 0.2) is 0 Å². The van der Waals surface area contributed by atoms with E-state index >= 15 is 0 Å². The fourth-order valence-corrected chi connectivity index (χ4v) is 1.63. The quantitative estimate of drug-likeness (QED) is 0.907. The maximum Gasteiger partial charge on any atom is 0.416 e. The van der Waals surface area contributed by atoms with Crippen LogP contribution in [-0.4, -0.2) is 17.0 Å². The van der Waals surface area contributed by atoms with Crippen LogP contribution in [0.2, 0.25) is 0 Å². The van der Waals surface area contributed by atoms with Crippen LogP contribution in [0, 0.1) is 0 Å². The molecule has 0 fully saturated rings. The zero-order valence-corrected chi connectivity index (χ0v) is 11.4. The number of hydrogen-bond acceptors (Lipinski definition) is 4. The van der Waals surface area contributed by atoms with E-state index in [0.717, 1.165) is 24.3 Å². The third kappa shape index (κ3) is 4.43. The summed E-state index contributed by atoms with van der Waals surface area (Å²) < 4.78 is 41.8. The van der Waals surface area contributed by atoms with Gasteiger partial charge < -0.3 is 15.8 Å². The number of alkyl halides is 3. The monoisotopic (exact) mass is 325 g/mol. The van der Waals surface area contributed by atoms with Crippen LogP contribution in [0.5, 0.6) is 5.88 Å². The van der Waals surface area contributed by atoms with Crippen LogP contribution in [0.3, 0.4) is 0 Å². The Morgan fingerprint density at radius 1 is 1.09 bits per heavy atom. The second-order valence-corrected chi connectivity index (χ2v) is 4.34. The molecule has 0 aliphatic heterocycles. The van der Waals surface area contributed by atoms with Crippen molar-refractivity contribution in [1.82, 2.24) is 4.98 Å².